The molecule has 5 rings (SSSR count). The van der Waals surface area contributed by atoms with Crippen LogP contribution in [0.5, 0.6) is 17.2 Å². The molecule has 0 saturated carbocycles. The van der Waals surface area contributed by atoms with Crippen LogP contribution in [0.3, 0.4) is 0 Å². The summed E-state index contributed by atoms with van der Waals surface area (Å²) in [4.78, 5) is 2.46. The zero-order valence-corrected chi connectivity index (χ0v) is 22.7. The molecule has 0 aliphatic carbocycles. The van der Waals surface area contributed by atoms with Gasteiger partial charge in [0.2, 0.25) is 0 Å². The van der Waals surface area contributed by atoms with Gasteiger partial charge in [-0.05, 0) is 79.8 Å². The number of hydrogen-bond donors (Lipinski definition) is 0. The van der Waals surface area contributed by atoms with E-state index in [1.165, 1.54) is 33.5 Å². The summed E-state index contributed by atoms with van der Waals surface area (Å²) in [6.07, 6.45) is 1.06. The average molecular weight is 508 g/mol. The average Bonchev–Trinajstić information content (AvgIpc) is 3.45. The molecule has 1 aliphatic heterocycles. The highest BCUT2D eigenvalue weighted by molar-refractivity contribution is 5.56. The topological polar surface area (TPSA) is 30.9 Å². The number of ether oxygens (including phenoxy) is 3. The number of anilines is 1. The van der Waals surface area contributed by atoms with Gasteiger partial charge >= 0.3 is 0 Å². The van der Waals surface area contributed by atoms with Crippen LogP contribution in [0.15, 0.2) is 91.0 Å². The van der Waals surface area contributed by atoms with Crippen LogP contribution in [0.2, 0.25) is 0 Å². The van der Waals surface area contributed by atoms with E-state index in [0.29, 0.717) is 12.5 Å². The summed E-state index contributed by atoms with van der Waals surface area (Å²) >= 11 is 0. The normalized spacial score (nSPS) is 14.9. The van der Waals surface area contributed by atoms with Crippen molar-refractivity contribution >= 4 is 5.69 Å². The lowest BCUT2D eigenvalue weighted by molar-refractivity contribution is 0.167. The smallest absolute Gasteiger partial charge is 0.131 e. The third-order valence-electron chi connectivity index (χ3n) is 7.26. The molecule has 0 aromatic heterocycles. The summed E-state index contributed by atoms with van der Waals surface area (Å²) in [5, 5.41) is 0. The summed E-state index contributed by atoms with van der Waals surface area (Å²) in [7, 11) is 0. The van der Waals surface area contributed by atoms with Gasteiger partial charge in [0.15, 0.2) is 0 Å². The molecule has 1 heterocycles. The molecule has 4 aromatic carbocycles. The summed E-state index contributed by atoms with van der Waals surface area (Å²) in [5.74, 6) is 2.88. The van der Waals surface area contributed by atoms with E-state index in [1.54, 1.807) is 0 Å². The van der Waals surface area contributed by atoms with Crippen LogP contribution in [0, 0.1) is 26.7 Å². The highest BCUT2D eigenvalue weighted by Gasteiger charge is 2.16. The standard InChI is InChI=1S/C34H37NO3/c1-25-10-12-28(13-11-25)21-35(34-9-4-6-26(2)27(34)3)22-29-14-16-31(17-15-29)38-33-8-5-7-32(20-33)37-24-30-18-19-36-23-30/h4-17,20,30H,18-19,21-24H2,1-3H3. The fourth-order valence-corrected chi connectivity index (χ4v) is 4.79. The molecule has 4 heteroatoms. The van der Waals surface area contributed by atoms with Crippen molar-refractivity contribution in [2.24, 2.45) is 5.92 Å². The molecule has 4 aromatic rings. The van der Waals surface area contributed by atoms with Gasteiger partial charge in [0, 0.05) is 37.4 Å². The quantitative estimate of drug-likeness (QED) is 0.217. The Labute approximate surface area is 226 Å². The molecule has 0 spiro atoms. The second-order valence-electron chi connectivity index (χ2n) is 10.3. The fourth-order valence-electron chi connectivity index (χ4n) is 4.79. The molecule has 0 N–H and O–H groups in total. The first-order valence-electron chi connectivity index (χ1n) is 13.5. The molecule has 1 atom stereocenters. The number of nitrogens with zero attached hydrogens (tertiary/aromatic N) is 1. The molecule has 4 nitrogen and oxygen atoms in total. The van der Waals surface area contributed by atoms with Crippen molar-refractivity contribution in [1.29, 1.82) is 0 Å². The number of rotatable bonds is 10. The summed E-state index contributed by atoms with van der Waals surface area (Å²) in [6.45, 7) is 10.5. The van der Waals surface area contributed by atoms with Crippen molar-refractivity contribution in [3.8, 4) is 17.2 Å². The first-order chi connectivity index (χ1) is 18.5. The molecule has 1 aliphatic rings. The molecule has 1 unspecified atom stereocenters. The third kappa shape index (κ3) is 6.76. The summed E-state index contributed by atoms with van der Waals surface area (Å²) in [5.41, 5.74) is 7.72. The Morgan fingerprint density at radius 3 is 2.16 bits per heavy atom. The van der Waals surface area contributed by atoms with Gasteiger partial charge in [0.05, 0.1) is 13.2 Å². The Morgan fingerprint density at radius 2 is 1.45 bits per heavy atom. The lowest BCUT2D eigenvalue weighted by Crippen LogP contribution is -2.23. The SMILES string of the molecule is Cc1ccc(CN(Cc2ccc(Oc3cccc(OCC4CCOC4)c3)cc2)c2cccc(C)c2C)cc1. The summed E-state index contributed by atoms with van der Waals surface area (Å²) in [6, 6.07) is 31.6. The van der Waals surface area contributed by atoms with E-state index in [0.717, 1.165) is 50.0 Å². The number of benzene rings is 4. The largest absolute Gasteiger partial charge is 0.493 e. The Kier molecular flexibility index (Phi) is 8.30. The molecule has 38 heavy (non-hydrogen) atoms. The number of aryl methyl sites for hydroxylation is 2. The van der Waals surface area contributed by atoms with E-state index >= 15 is 0 Å². The van der Waals surface area contributed by atoms with Gasteiger partial charge in [0.25, 0.3) is 0 Å². The minimum Gasteiger partial charge on any atom is -0.493 e. The Bertz CT molecular complexity index is 1320. The van der Waals surface area contributed by atoms with Gasteiger partial charge in [-0.3, -0.25) is 0 Å². The Morgan fingerprint density at radius 1 is 0.763 bits per heavy atom. The van der Waals surface area contributed by atoms with Crippen molar-refractivity contribution < 1.29 is 14.2 Å². The maximum atomic E-state index is 6.16. The molecule has 0 bridgehead atoms. The zero-order valence-electron chi connectivity index (χ0n) is 22.7. The van der Waals surface area contributed by atoms with Gasteiger partial charge in [-0.15, -0.1) is 0 Å². The van der Waals surface area contributed by atoms with Crippen LogP contribution in [0.1, 0.15) is 34.2 Å². The first kappa shape index (κ1) is 25.9. The fraction of sp³-hybridized carbons (Fsp3) is 0.294. The molecule has 0 amide bonds. The van der Waals surface area contributed by atoms with E-state index in [4.69, 9.17) is 14.2 Å². The maximum Gasteiger partial charge on any atom is 0.131 e. The van der Waals surface area contributed by atoms with Crippen molar-refractivity contribution in [2.45, 2.75) is 40.3 Å². The van der Waals surface area contributed by atoms with Gasteiger partial charge in [0.1, 0.15) is 17.2 Å². The minimum absolute atomic E-state index is 0.473. The monoisotopic (exact) mass is 507 g/mol. The molecule has 1 fully saturated rings. The Balaban J connectivity index is 1.27. The molecule has 196 valence electrons. The highest BCUT2D eigenvalue weighted by atomic mass is 16.5. The Hall–Kier alpha value is -3.76. The predicted molar refractivity (Wildman–Crippen MR) is 154 cm³/mol. The number of hydrogen-bond acceptors (Lipinski definition) is 4. The minimum atomic E-state index is 0.473. The lowest BCUT2D eigenvalue weighted by Gasteiger charge is -2.28. The predicted octanol–water partition coefficient (Wildman–Crippen LogP) is 8.03. The second-order valence-corrected chi connectivity index (χ2v) is 10.3. The van der Waals surface area contributed by atoms with Crippen LogP contribution in [0.25, 0.3) is 0 Å². The van der Waals surface area contributed by atoms with Crippen molar-refractivity contribution in [2.75, 3.05) is 24.7 Å². The van der Waals surface area contributed by atoms with Crippen molar-refractivity contribution in [3.05, 3.63) is 119 Å². The lowest BCUT2D eigenvalue weighted by atomic mass is 10.0. The van der Waals surface area contributed by atoms with Gasteiger partial charge in [-0.25, -0.2) is 0 Å². The molecular formula is C34H37NO3. The molecule has 1 saturated heterocycles. The van der Waals surface area contributed by atoms with Crippen LogP contribution in [-0.4, -0.2) is 19.8 Å². The summed E-state index contributed by atoms with van der Waals surface area (Å²) < 4.78 is 17.6. The zero-order chi connectivity index (χ0) is 26.3. The van der Waals surface area contributed by atoms with Crippen LogP contribution in [0.4, 0.5) is 5.69 Å². The van der Waals surface area contributed by atoms with Crippen LogP contribution < -0.4 is 14.4 Å². The van der Waals surface area contributed by atoms with E-state index in [9.17, 15) is 0 Å². The second kappa shape index (κ2) is 12.2. The van der Waals surface area contributed by atoms with Gasteiger partial charge in [-0.2, -0.15) is 0 Å². The van der Waals surface area contributed by atoms with E-state index in [2.05, 4.69) is 80.3 Å². The molecule has 0 radical (unpaired) electrons. The highest BCUT2D eigenvalue weighted by Crippen LogP contribution is 2.29. The van der Waals surface area contributed by atoms with Gasteiger partial charge in [-0.1, -0.05) is 60.2 Å². The van der Waals surface area contributed by atoms with Crippen molar-refractivity contribution in [1.82, 2.24) is 0 Å². The van der Waals surface area contributed by atoms with E-state index in [1.807, 2.05) is 36.4 Å². The van der Waals surface area contributed by atoms with E-state index in [-0.39, 0.29) is 0 Å². The third-order valence-corrected chi connectivity index (χ3v) is 7.26. The van der Waals surface area contributed by atoms with Crippen LogP contribution in [-0.2, 0) is 17.8 Å². The first-order valence-corrected chi connectivity index (χ1v) is 13.5. The maximum absolute atomic E-state index is 6.16. The van der Waals surface area contributed by atoms with E-state index < -0.39 is 0 Å². The van der Waals surface area contributed by atoms with Gasteiger partial charge < -0.3 is 19.1 Å². The molecular weight excluding hydrogens is 470 g/mol. The van der Waals surface area contributed by atoms with Crippen LogP contribution >= 0.6 is 0 Å². The van der Waals surface area contributed by atoms with Crippen molar-refractivity contribution in [3.63, 3.8) is 0 Å².